The Balaban J connectivity index is 1.30. The van der Waals surface area contributed by atoms with E-state index in [4.69, 9.17) is 0 Å². The topological polar surface area (TPSA) is 20.2 Å². The van der Waals surface area contributed by atoms with Crippen molar-refractivity contribution in [3.63, 3.8) is 0 Å². The molecule has 0 aromatic rings. The van der Waals surface area contributed by atoms with Crippen LogP contribution in [0.1, 0.15) is 90.4 Å². The molecule has 0 spiro atoms. The van der Waals surface area contributed by atoms with E-state index in [2.05, 4.69) is 29.5 Å². The molecule has 4 rings (SSSR count). The summed E-state index contributed by atoms with van der Waals surface area (Å²) in [4.78, 5) is 0. The minimum Gasteiger partial charge on any atom is -0.393 e. The van der Waals surface area contributed by atoms with E-state index < -0.39 is 24.4 Å². The molecule has 4 fully saturated rings. The number of aliphatic hydroxyl groups is 1. The Morgan fingerprint density at radius 1 is 0.700 bits per heavy atom. The smallest absolute Gasteiger partial charge is 0.137 e. The van der Waals surface area contributed by atoms with Gasteiger partial charge in [0.2, 0.25) is 0 Å². The first-order valence-corrected chi connectivity index (χ1v) is 14.5. The van der Waals surface area contributed by atoms with Gasteiger partial charge in [-0.3, -0.25) is 0 Å². The van der Waals surface area contributed by atoms with Gasteiger partial charge in [-0.25, -0.2) is 8.78 Å². The average molecular weight is 537 g/mol. The molecule has 0 saturated heterocycles. The Morgan fingerprint density at radius 3 is 1.77 bits per heavy atom. The molecule has 0 aliphatic heterocycles. The molecule has 0 heterocycles. The van der Waals surface area contributed by atoms with Crippen LogP contribution in [0.3, 0.4) is 0 Å². The fourth-order valence-corrected chi connectivity index (χ4v) is 8.66. The summed E-state index contributed by atoms with van der Waals surface area (Å²) in [7, 11) is 0. The van der Waals surface area contributed by atoms with E-state index in [-0.39, 0.29) is 17.8 Å². The SMILES string of the molecule is CC1CCC(C2CCC(C3C(O)CC(C4CCC(CI)CC4)C(F)C3F)CC2)CC1. The van der Waals surface area contributed by atoms with Crippen molar-refractivity contribution in [1.82, 2.24) is 0 Å². The summed E-state index contributed by atoms with van der Waals surface area (Å²) in [5.41, 5.74) is 0. The normalized spacial score (nSPS) is 50.9. The van der Waals surface area contributed by atoms with Crippen molar-refractivity contribution in [3.05, 3.63) is 0 Å². The third kappa shape index (κ3) is 5.20. The summed E-state index contributed by atoms with van der Waals surface area (Å²) in [5.74, 6) is 3.01. The van der Waals surface area contributed by atoms with E-state index in [1.165, 1.54) is 43.0 Å². The molecule has 0 bridgehead atoms. The Labute approximate surface area is 196 Å². The molecule has 174 valence electrons. The Hall–Kier alpha value is 0.550. The van der Waals surface area contributed by atoms with Crippen molar-refractivity contribution in [3.8, 4) is 0 Å². The van der Waals surface area contributed by atoms with E-state index in [0.29, 0.717) is 6.42 Å². The van der Waals surface area contributed by atoms with Gasteiger partial charge in [0.25, 0.3) is 0 Å². The zero-order valence-corrected chi connectivity index (χ0v) is 21.0. The first-order chi connectivity index (χ1) is 14.5. The summed E-state index contributed by atoms with van der Waals surface area (Å²) in [6.45, 7) is 2.37. The van der Waals surface area contributed by atoms with E-state index in [9.17, 15) is 5.11 Å². The average Bonchev–Trinajstić information content (AvgIpc) is 2.77. The molecule has 5 atom stereocenters. The van der Waals surface area contributed by atoms with Gasteiger partial charge in [0.05, 0.1) is 6.10 Å². The minimum absolute atomic E-state index is 0.183. The van der Waals surface area contributed by atoms with Crippen molar-refractivity contribution in [2.45, 2.75) is 109 Å². The van der Waals surface area contributed by atoms with E-state index >= 15 is 8.78 Å². The quantitative estimate of drug-likeness (QED) is 0.291. The maximum absolute atomic E-state index is 15.4. The van der Waals surface area contributed by atoms with Gasteiger partial charge in [-0.05, 0) is 112 Å². The summed E-state index contributed by atoms with van der Waals surface area (Å²) < 4.78 is 31.9. The second kappa shape index (κ2) is 10.7. The summed E-state index contributed by atoms with van der Waals surface area (Å²) in [5, 5.41) is 10.9. The monoisotopic (exact) mass is 536 g/mol. The highest BCUT2D eigenvalue weighted by atomic mass is 127. The Bertz CT molecular complexity index is 521. The first kappa shape index (κ1) is 23.7. The molecule has 30 heavy (non-hydrogen) atoms. The molecule has 1 nitrogen and oxygen atoms in total. The highest BCUT2D eigenvalue weighted by Crippen LogP contribution is 2.50. The zero-order chi connectivity index (χ0) is 21.3. The van der Waals surface area contributed by atoms with Gasteiger partial charge < -0.3 is 5.11 Å². The predicted octanol–water partition coefficient (Wildman–Crippen LogP) is 7.53. The lowest BCUT2D eigenvalue weighted by molar-refractivity contribution is -0.104. The predicted molar refractivity (Wildman–Crippen MR) is 128 cm³/mol. The number of rotatable bonds is 4. The van der Waals surface area contributed by atoms with Gasteiger partial charge in [0.1, 0.15) is 12.3 Å². The molecule has 4 heteroatoms. The highest BCUT2D eigenvalue weighted by Gasteiger charge is 2.51. The number of hydrogen-bond donors (Lipinski definition) is 1. The molecule has 4 saturated carbocycles. The maximum Gasteiger partial charge on any atom is 0.137 e. The van der Waals surface area contributed by atoms with Crippen molar-refractivity contribution >= 4 is 22.6 Å². The van der Waals surface area contributed by atoms with E-state index in [0.717, 1.165) is 62.2 Å². The molecular formula is C26H43F2IO. The largest absolute Gasteiger partial charge is 0.393 e. The van der Waals surface area contributed by atoms with Crippen LogP contribution in [0, 0.1) is 47.3 Å². The van der Waals surface area contributed by atoms with E-state index in [1.54, 1.807) is 0 Å². The van der Waals surface area contributed by atoms with Gasteiger partial charge in [0.15, 0.2) is 0 Å². The molecule has 0 amide bonds. The Kier molecular flexibility index (Phi) is 8.42. The van der Waals surface area contributed by atoms with Gasteiger partial charge in [0, 0.05) is 10.3 Å². The third-order valence-electron chi connectivity index (χ3n) is 9.84. The van der Waals surface area contributed by atoms with Crippen LogP contribution in [0.15, 0.2) is 0 Å². The molecule has 4 aliphatic carbocycles. The van der Waals surface area contributed by atoms with Gasteiger partial charge in [-0.2, -0.15) is 0 Å². The second-order valence-corrected chi connectivity index (χ2v) is 12.4. The first-order valence-electron chi connectivity index (χ1n) is 13.0. The van der Waals surface area contributed by atoms with Crippen LogP contribution in [0.25, 0.3) is 0 Å². The van der Waals surface area contributed by atoms with Crippen LogP contribution < -0.4 is 0 Å². The number of halogens is 3. The van der Waals surface area contributed by atoms with Crippen molar-refractivity contribution in [2.75, 3.05) is 4.43 Å². The van der Waals surface area contributed by atoms with E-state index in [1.807, 2.05) is 0 Å². The zero-order valence-electron chi connectivity index (χ0n) is 18.8. The van der Waals surface area contributed by atoms with Crippen molar-refractivity contribution in [1.29, 1.82) is 0 Å². The van der Waals surface area contributed by atoms with Crippen LogP contribution in [-0.2, 0) is 0 Å². The number of alkyl halides is 3. The van der Waals surface area contributed by atoms with Crippen LogP contribution in [-0.4, -0.2) is 28.0 Å². The van der Waals surface area contributed by atoms with Crippen LogP contribution in [0.5, 0.6) is 0 Å². The van der Waals surface area contributed by atoms with Crippen molar-refractivity contribution < 1.29 is 13.9 Å². The Morgan fingerprint density at radius 2 is 1.20 bits per heavy atom. The second-order valence-electron chi connectivity index (χ2n) is 11.6. The van der Waals surface area contributed by atoms with Crippen molar-refractivity contribution in [2.24, 2.45) is 47.3 Å². The summed E-state index contributed by atoms with van der Waals surface area (Å²) in [6, 6.07) is 0. The lowest BCUT2D eigenvalue weighted by Gasteiger charge is -2.47. The van der Waals surface area contributed by atoms with Gasteiger partial charge in [-0.15, -0.1) is 0 Å². The molecule has 0 aromatic heterocycles. The maximum atomic E-state index is 15.4. The standard InChI is InChI=1S/C26H43F2IO/c1-16-2-6-18(7-3-16)19-10-12-21(13-11-19)24-23(30)14-22(25(27)26(24)28)20-8-4-17(15-29)5-9-20/h16-26,30H,2-15H2,1H3. The summed E-state index contributed by atoms with van der Waals surface area (Å²) in [6.07, 6.45) is 11.2. The minimum atomic E-state index is -1.46. The fraction of sp³-hybridized carbons (Fsp3) is 1.00. The molecule has 0 aromatic carbocycles. The fourth-order valence-electron chi connectivity index (χ4n) is 7.78. The molecule has 4 aliphatic rings. The number of aliphatic hydroxyl groups excluding tert-OH is 1. The molecule has 1 N–H and O–H groups in total. The number of hydrogen-bond acceptors (Lipinski definition) is 1. The van der Waals surface area contributed by atoms with Gasteiger partial charge in [-0.1, -0.05) is 42.4 Å². The third-order valence-corrected chi connectivity index (χ3v) is 11.1. The van der Waals surface area contributed by atoms with Gasteiger partial charge >= 0.3 is 0 Å². The van der Waals surface area contributed by atoms with Crippen LogP contribution >= 0.6 is 22.6 Å². The summed E-state index contributed by atoms with van der Waals surface area (Å²) >= 11 is 2.45. The van der Waals surface area contributed by atoms with Crippen LogP contribution in [0.2, 0.25) is 0 Å². The molecule has 5 unspecified atom stereocenters. The molecular weight excluding hydrogens is 493 g/mol. The highest BCUT2D eigenvalue weighted by molar-refractivity contribution is 14.1. The van der Waals surface area contributed by atoms with Crippen LogP contribution in [0.4, 0.5) is 8.78 Å². The lowest BCUT2D eigenvalue weighted by atomic mass is 9.61. The lowest BCUT2D eigenvalue weighted by Crippen LogP contribution is -2.51. The molecule has 0 radical (unpaired) electrons.